The summed E-state index contributed by atoms with van der Waals surface area (Å²) in [5.41, 5.74) is 4.69. The van der Waals surface area contributed by atoms with Gasteiger partial charge in [0.05, 0.1) is 25.0 Å². The Kier molecular flexibility index (Phi) is 6.60. The van der Waals surface area contributed by atoms with Crippen LogP contribution in [0, 0.1) is 0 Å². The zero-order chi connectivity index (χ0) is 26.0. The van der Waals surface area contributed by atoms with E-state index in [0.29, 0.717) is 6.54 Å². The molecule has 2 aliphatic heterocycles. The van der Waals surface area contributed by atoms with Gasteiger partial charge in [-0.25, -0.2) is 9.48 Å². The first-order chi connectivity index (χ1) is 18.6. The number of ether oxygens (including phenoxy) is 2. The minimum absolute atomic E-state index is 0.240. The molecule has 0 N–H and O–H groups in total. The van der Waals surface area contributed by atoms with E-state index in [-0.39, 0.29) is 6.09 Å². The van der Waals surface area contributed by atoms with Crippen molar-refractivity contribution in [1.82, 2.24) is 14.7 Å². The topological polar surface area (TPSA) is 59.8 Å². The van der Waals surface area contributed by atoms with Crippen molar-refractivity contribution in [2.45, 2.75) is 31.4 Å². The number of hydrogen-bond acceptors (Lipinski definition) is 5. The number of nitrogens with zero attached hydrogens (tertiary/aromatic N) is 4. The summed E-state index contributed by atoms with van der Waals surface area (Å²) >= 11 is 0. The van der Waals surface area contributed by atoms with Gasteiger partial charge in [0.1, 0.15) is 11.4 Å². The molecule has 2 saturated heterocycles. The minimum Gasteiger partial charge on any atom is -0.497 e. The molecule has 0 radical (unpaired) electrons. The SMILES string of the molecule is COc1ccc(-c2nn(-c3ccccc3)cc2CN2CCCC3(CC2)CN(c2ccccc2)C(=O)O3)cc1. The largest absolute Gasteiger partial charge is 0.497 e. The minimum atomic E-state index is -0.436. The number of carbonyl (C=O) groups excluding carboxylic acids is 1. The molecular weight excluding hydrogens is 476 g/mol. The molecule has 1 amide bonds. The lowest BCUT2D eigenvalue weighted by Crippen LogP contribution is -2.36. The highest BCUT2D eigenvalue weighted by atomic mass is 16.6. The molecule has 38 heavy (non-hydrogen) atoms. The zero-order valence-electron chi connectivity index (χ0n) is 21.6. The maximum Gasteiger partial charge on any atom is 0.415 e. The van der Waals surface area contributed by atoms with Crippen LogP contribution in [0.3, 0.4) is 0 Å². The number of para-hydroxylation sites is 2. The Morgan fingerprint density at radius 1 is 0.895 bits per heavy atom. The Balaban J connectivity index is 1.22. The van der Waals surface area contributed by atoms with Crippen LogP contribution in [-0.4, -0.2) is 53.1 Å². The molecule has 194 valence electrons. The van der Waals surface area contributed by atoms with Crippen LogP contribution in [0.5, 0.6) is 5.75 Å². The van der Waals surface area contributed by atoms with E-state index in [2.05, 4.69) is 35.4 Å². The highest BCUT2D eigenvalue weighted by Crippen LogP contribution is 2.36. The molecule has 1 aromatic heterocycles. The van der Waals surface area contributed by atoms with Crippen molar-refractivity contribution in [3.05, 3.63) is 96.7 Å². The highest BCUT2D eigenvalue weighted by Gasteiger charge is 2.46. The van der Waals surface area contributed by atoms with E-state index in [1.807, 2.05) is 65.3 Å². The van der Waals surface area contributed by atoms with Crippen molar-refractivity contribution in [2.75, 3.05) is 31.6 Å². The number of amides is 1. The first-order valence-corrected chi connectivity index (χ1v) is 13.2. The molecule has 7 nitrogen and oxygen atoms in total. The van der Waals surface area contributed by atoms with Crippen LogP contribution in [0.25, 0.3) is 16.9 Å². The number of aromatic nitrogens is 2. The van der Waals surface area contributed by atoms with E-state index in [4.69, 9.17) is 14.6 Å². The third-order valence-electron chi connectivity index (χ3n) is 7.60. The Morgan fingerprint density at radius 3 is 2.32 bits per heavy atom. The molecule has 0 bridgehead atoms. The van der Waals surface area contributed by atoms with Gasteiger partial charge in [-0.15, -0.1) is 0 Å². The van der Waals surface area contributed by atoms with Crippen LogP contribution in [0.15, 0.2) is 91.1 Å². The van der Waals surface area contributed by atoms with Gasteiger partial charge < -0.3 is 9.47 Å². The summed E-state index contributed by atoms with van der Waals surface area (Å²) in [6, 6.07) is 28.1. The molecule has 0 aliphatic carbocycles. The van der Waals surface area contributed by atoms with Crippen LogP contribution in [0.2, 0.25) is 0 Å². The van der Waals surface area contributed by atoms with Gasteiger partial charge in [0.2, 0.25) is 0 Å². The maximum absolute atomic E-state index is 12.8. The number of methoxy groups -OCH3 is 1. The van der Waals surface area contributed by atoms with Gasteiger partial charge in [-0.3, -0.25) is 9.80 Å². The van der Waals surface area contributed by atoms with Crippen LogP contribution in [0.4, 0.5) is 10.5 Å². The lowest BCUT2D eigenvalue weighted by molar-refractivity contribution is 0.0443. The summed E-state index contributed by atoms with van der Waals surface area (Å²) in [5, 5.41) is 4.99. The van der Waals surface area contributed by atoms with Crippen molar-refractivity contribution in [1.29, 1.82) is 0 Å². The molecule has 3 aromatic carbocycles. The average molecular weight is 509 g/mol. The number of carbonyl (C=O) groups is 1. The monoisotopic (exact) mass is 508 g/mol. The predicted molar refractivity (Wildman–Crippen MR) is 148 cm³/mol. The number of hydrogen-bond donors (Lipinski definition) is 0. The van der Waals surface area contributed by atoms with Crippen LogP contribution < -0.4 is 9.64 Å². The van der Waals surface area contributed by atoms with E-state index < -0.39 is 5.60 Å². The fourth-order valence-electron chi connectivity index (χ4n) is 5.54. The lowest BCUT2D eigenvalue weighted by atomic mass is 9.95. The molecule has 3 heterocycles. The quantitative estimate of drug-likeness (QED) is 0.323. The fourth-order valence-corrected chi connectivity index (χ4v) is 5.54. The number of benzene rings is 3. The standard InChI is InChI=1S/C31H32N4O3/c1-37-28-15-13-24(14-16-28)29-25(22-35(32-29)27-11-6-3-7-12-27)21-33-19-8-17-31(18-20-33)23-34(30(36)38-31)26-9-4-2-5-10-26/h2-7,9-16,22H,8,17-21,23H2,1H3. The molecule has 2 aliphatic rings. The number of likely N-dealkylation sites (tertiary alicyclic amines) is 1. The third-order valence-corrected chi connectivity index (χ3v) is 7.60. The fraction of sp³-hybridized carbons (Fsp3) is 0.290. The Hall–Kier alpha value is -4.10. The van der Waals surface area contributed by atoms with E-state index in [1.54, 1.807) is 12.0 Å². The molecule has 1 spiro atoms. The van der Waals surface area contributed by atoms with E-state index in [1.165, 1.54) is 5.56 Å². The van der Waals surface area contributed by atoms with Crippen LogP contribution in [0.1, 0.15) is 24.8 Å². The normalized spacial score (nSPS) is 19.9. The van der Waals surface area contributed by atoms with Gasteiger partial charge >= 0.3 is 6.09 Å². The smallest absolute Gasteiger partial charge is 0.415 e. The van der Waals surface area contributed by atoms with E-state index in [9.17, 15) is 4.79 Å². The van der Waals surface area contributed by atoms with Gasteiger partial charge in [-0.05, 0) is 67.9 Å². The summed E-state index contributed by atoms with van der Waals surface area (Å²) in [5.74, 6) is 0.825. The summed E-state index contributed by atoms with van der Waals surface area (Å²) in [4.78, 5) is 17.0. The Morgan fingerprint density at radius 2 is 1.61 bits per heavy atom. The van der Waals surface area contributed by atoms with Gasteiger partial charge in [0, 0.05) is 42.5 Å². The van der Waals surface area contributed by atoms with Crippen molar-refractivity contribution < 1.29 is 14.3 Å². The summed E-state index contributed by atoms with van der Waals surface area (Å²) in [6.45, 7) is 3.19. The van der Waals surface area contributed by atoms with E-state index >= 15 is 0 Å². The first-order valence-electron chi connectivity index (χ1n) is 13.2. The maximum atomic E-state index is 12.8. The van der Waals surface area contributed by atoms with Gasteiger partial charge in [0.15, 0.2) is 0 Å². The van der Waals surface area contributed by atoms with Gasteiger partial charge in [-0.2, -0.15) is 5.10 Å². The molecular formula is C31H32N4O3. The first kappa shape index (κ1) is 24.2. The lowest BCUT2D eigenvalue weighted by Gasteiger charge is -2.25. The van der Waals surface area contributed by atoms with Crippen LogP contribution in [-0.2, 0) is 11.3 Å². The third kappa shape index (κ3) is 4.89. The molecule has 2 fully saturated rings. The van der Waals surface area contributed by atoms with Crippen molar-refractivity contribution in [3.8, 4) is 22.7 Å². The van der Waals surface area contributed by atoms with Crippen molar-refractivity contribution in [3.63, 3.8) is 0 Å². The second kappa shape index (κ2) is 10.3. The summed E-state index contributed by atoms with van der Waals surface area (Å²) in [7, 11) is 1.68. The molecule has 4 aromatic rings. The van der Waals surface area contributed by atoms with E-state index in [0.717, 1.165) is 67.3 Å². The summed E-state index contributed by atoms with van der Waals surface area (Å²) < 4.78 is 13.4. The summed E-state index contributed by atoms with van der Waals surface area (Å²) in [6.07, 6.45) is 4.55. The van der Waals surface area contributed by atoms with Gasteiger partial charge in [0.25, 0.3) is 0 Å². The Bertz CT molecular complexity index is 1390. The average Bonchev–Trinajstić information content (AvgIpc) is 3.47. The van der Waals surface area contributed by atoms with Gasteiger partial charge in [-0.1, -0.05) is 36.4 Å². The molecule has 6 rings (SSSR count). The molecule has 1 atom stereocenters. The molecule has 1 unspecified atom stereocenters. The number of rotatable bonds is 6. The molecule has 7 heteroatoms. The molecule has 0 saturated carbocycles. The number of anilines is 1. The second-order valence-electron chi connectivity index (χ2n) is 10.1. The van der Waals surface area contributed by atoms with Crippen molar-refractivity contribution in [2.24, 2.45) is 0 Å². The second-order valence-corrected chi connectivity index (χ2v) is 10.1. The zero-order valence-corrected chi connectivity index (χ0v) is 21.6. The highest BCUT2D eigenvalue weighted by molar-refractivity contribution is 5.90. The Labute approximate surface area is 223 Å². The van der Waals surface area contributed by atoms with Crippen LogP contribution >= 0.6 is 0 Å². The van der Waals surface area contributed by atoms with Crippen molar-refractivity contribution >= 4 is 11.8 Å². The predicted octanol–water partition coefficient (Wildman–Crippen LogP) is 5.93.